The van der Waals surface area contributed by atoms with Crippen LogP contribution in [0.25, 0.3) is 0 Å². The molecule has 0 radical (unpaired) electrons. The van der Waals surface area contributed by atoms with E-state index >= 15 is 0 Å². The molecule has 1 aromatic carbocycles. The summed E-state index contributed by atoms with van der Waals surface area (Å²) in [7, 11) is 0. The molecule has 120 valence electrons. The first kappa shape index (κ1) is 16.0. The molecule has 0 bridgehead atoms. The summed E-state index contributed by atoms with van der Waals surface area (Å²) in [6.07, 6.45) is 1.74. The van der Waals surface area contributed by atoms with Crippen molar-refractivity contribution >= 4 is 17.7 Å². The maximum atomic E-state index is 12.8. The minimum absolute atomic E-state index is 0.0358. The van der Waals surface area contributed by atoms with Gasteiger partial charge in [0.05, 0.1) is 18.8 Å². The van der Waals surface area contributed by atoms with E-state index in [0.29, 0.717) is 31.9 Å². The van der Waals surface area contributed by atoms with Gasteiger partial charge in [0, 0.05) is 24.2 Å². The number of aromatic nitrogens is 1. The molecule has 0 saturated carbocycles. The van der Waals surface area contributed by atoms with Gasteiger partial charge in [-0.2, -0.15) is 0 Å². The van der Waals surface area contributed by atoms with Gasteiger partial charge in [0.2, 0.25) is 0 Å². The van der Waals surface area contributed by atoms with E-state index < -0.39 is 0 Å². The smallest absolute Gasteiger partial charge is 0.256 e. The maximum absolute atomic E-state index is 12.8. The Hall–Kier alpha value is -1.85. The van der Waals surface area contributed by atoms with Crippen LogP contribution in [0.2, 0.25) is 0 Å². The number of carbonyl (C=O) groups is 1. The molecule has 0 atom stereocenters. The van der Waals surface area contributed by atoms with Gasteiger partial charge in [0.15, 0.2) is 0 Å². The molecule has 2 heterocycles. The van der Waals surface area contributed by atoms with E-state index in [-0.39, 0.29) is 5.91 Å². The number of hydrogen-bond donors (Lipinski definition) is 0. The summed E-state index contributed by atoms with van der Waals surface area (Å²) in [4.78, 5) is 20.2. The van der Waals surface area contributed by atoms with Gasteiger partial charge >= 0.3 is 0 Å². The highest BCUT2D eigenvalue weighted by Gasteiger charge is 2.22. The fourth-order valence-corrected chi connectivity index (χ4v) is 3.53. The lowest BCUT2D eigenvalue weighted by atomic mass is 10.2. The Kier molecular flexibility index (Phi) is 4.98. The quantitative estimate of drug-likeness (QED) is 0.867. The molecule has 0 unspecified atom stereocenters. The zero-order valence-corrected chi connectivity index (χ0v) is 14.2. The minimum Gasteiger partial charge on any atom is -0.378 e. The number of morpholine rings is 1. The Bertz CT molecular complexity index is 712. The number of ether oxygens (including phenoxy) is 1. The van der Waals surface area contributed by atoms with E-state index in [2.05, 4.69) is 37.0 Å². The third-order valence-corrected chi connectivity index (χ3v) is 5.03. The molecule has 1 saturated heterocycles. The van der Waals surface area contributed by atoms with Crippen LogP contribution in [0, 0.1) is 13.8 Å². The summed E-state index contributed by atoms with van der Waals surface area (Å²) in [6.45, 7) is 6.65. The van der Waals surface area contributed by atoms with Gasteiger partial charge in [-0.1, -0.05) is 29.5 Å². The van der Waals surface area contributed by atoms with E-state index in [1.54, 1.807) is 18.0 Å². The SMILES string of the molecule is Cc1ccc(Sc2ncccc2C(=O)N2CCOCC2)c(C)c1. The van der Waals surface area contributed by atoms with Crippen molar-refractivity contribution in [3.8, 4) is 0 Å². The van der Waals surface area contributed by atoms with E-state index in [9.17, 15) is 4.79 Å². The van der Waals surface area contributed by atoms with Crippen LogP contribution >= 0.6 is 11.8 Å². The predicted octanol–water partition coefficient (Wildman–Crippen LogP) is 3.32. The van der Waals surface area contributed by atoms with Crippen LogP contribution < -0.4 is 0 Å². The fraction of sp³-hybridized carbons (Fsp3) is 0.333. The number of carbonyl (C=O) groups excluding carboxylic acids is 1. The standard InChI is InChI=1S/C18H20N2O2S/c1-13-5-6-16(14(2)12-13)23-17-15(4-3-7-19-17)18(21)20-8-10-22-11-9-20/h3-7,12H,8-11H2,1-2H3. The number of benzene rings is 1. The number of amides is 1. The highest BCUT2D eigenvalue weighted by atomic mass is 32.2. The van der Waals surface area contributed by atoms with Crippen molar-refractivity contribution in [1.82, 2.24) is 9.88 Å². The number of pyridine rings is 1. The van der Waals surface area contributed by atoms with Crippen molar-refractivity contribution in [3.05, 3.63) is 53.2 Å². The summed E-state index contributed by atoms with van der Waals surface area (Å²) in [6, 6.07) is 10.00. The summed E-state index contributed by atoms with van der Waals surface area (Å²) in [5, 5.41) is 0.760. The van der Waals surface area contributed by atoms with Crippen LogP contribution in [-0.2, 0) is 4.74 Å². The monoisotopic (exact) mass is 328 g/mol. The van der Waals surface area contributed by atoms with Gasteiger partial charge in [-0.3, -0.25) is 4.79 Å². The van der Waals surface area contributed by atoms with E-state index in [1.165, 1.54) is 11.1 Å². The molecule has 2 aromatic rings. The first-order chi connectivity index (χ1) is 11.1. The van der Waals surface area contributed by atoms with Crippen LogP contribution in [0.15, 0.2) is 46.5 Å². The van der Waals surface area contributed by atoms with Crippen molar-refractivity contribution in [2.24, 2.45) is 0 Å². The van der Waals surface area contributed by atoms with E-state index in [4.69, 9.17) is 4.74 Å². The molecule has 0 spiro atoms. The van der Waals surface area contributed by atoms with Gasteiger partial charge in [-0.05, 0) is 37.6 Å². The Morgan fingerprint density at radius 3 is 2.74 bits per heavy atom. The average molecular weight is 328 g/mol. The second kappa shape index (κ2) is 7.15. The maximum Gasteiger partial charge on any atom is 0.256 e. The predicted molar refractivity (Wildman–Crippen MR) is 91.0 cm³/mol. The molecule has 0 N–H and O–H groups in total. The molecule has 1 aliphatic heterocycles. The van der Waals surface area contributed by atoms with Crippen LogP contribution in [0.5, 0.6) is 0 Å². The summed E-state index contributed by atoms with van der Waals surface area (Å²) < 4.78 is 5.32. The highest BCUT2D eigenvalue weighted by molar-refractivity contribution is 7.99. The average Bonchev–Trinajstić information content (AvgIpc) is 2.58. The Labute approximate surface area is 140 Å². The zero-order chi connectivity index (χ0) is 16.2. The van der Waals surface area contributed by atoms with Crippen molar-refractivity contribution in [2.75, 3.05) is 26.3 Å². The summed E-state index contributed by atoms with van der Waals surface area (Å²) >= 11 is 1.55. The van der Waals surface area contributed by atoms with E-state index in [0.717, 1.165) is 9.92 Å². The molecule has 1 amide bonds. The molecular formula is C18H20N2O2S. The van der Waals surface area contributed by atoms with Crippen molar-refractivity contribution < 1.29 is 9.53 Å². The van der Waals surface area contributed by atoms with Crippen LogP contribution in [0.1, 0.15) is 21.5 Å². The molecule has 3 rings (SSSR count). The van der Waals surface area contributed by atoms with Crippen molar-refractivity contribution in [2.45, 2.75) is 23.8 Å². The normalized spacial score (nSPS) is 14.8. The van der Waals surface area contributed by atoms with Crippen molar-refractivity contribution in [1.29, 1.82) is 0 Å². The fourth-order valence-electron chi connectivity index (χ4n) is 2.59. The Morgan fingerprint density at radius 1 is 1.22 bits per heavy atom. The van der Waals surface area contributed by atoms with Crippen molar-refractivity contribution in [3.63, 3.8) is 0 Å². The third kappa shape index (κ3) is 3.74. The Morgan fingerprint density at radius 2 is 2.00 bits per heavy atom. The highest BCUT2D eigenvalue weighted by Crippen LogP contribution is 2.32. The molecule has 0 aliphatic carbocycles. The minimum atomic E-state index is 0.0358. The number of aryl methyl sites for hydroxylation is 2. The first-order valence-electron chi connectivity index (χ1n) is 7.72. The molecule has 1 aliphatic rings. The largest absolute Gasteiger partial charge is 0.378 e. The summed E-state index contributed by atoms with van der Waals surface area (Å²) in [5.74, 6) is 0.0358. The lowest BCUT2D eigenvalue weighted by Crippen LogP contribution is -2.40. The second-order valence-corrected chi connectivity index (χ2v) is 6.66. The lowest BCUT2D eigenvalue weighted by molar-refractivity contribution is 0.0300. The van der Waals surface area contributed by atoms with Gasteiger partial charge in [-0.15, -0.1) is 0 Å². The lowest BCUT2D eigenvalue weighted by Gasteiger charge is -2.27. The molecule has 5 heteroatoms. The first-order valence-corrected chi connectivity index (χ1v) is 8.54. The van der Waals surface area contributed by atoms with Crippen LogP contribution in [0.4, 0.5) is 0 Å². The second-order valence-electron chi connectivity index (χ2n) is 5.63. The molecule has 23 heavy (non-hydrogen) atoms. The van der Waals surface area contributed by atoms with Gasteiger partial charge < -0.3 is 9.64 Å². The Balaban J connectivity index is 1.86. The van der Waals surface area contributed by atoms with E-state index in [1.807, 2.05) is 17.0 Å². The topological polar surface area (TPSA) is 42.4 Å². The zero-order valence-electron chi connectivity index (χ0n) is 13.4. The van der Waals surface area contributed by atoms with Gasteiger partial charge in [0.25, 0.3) is 5.91 Å². The molecule has 4 nitrogen and oxygen atoms in total. The molecular weight excluding hydrogens is 308 g/mol. The van der Waals surface area contributed by atoms with Gasteiger partial charge in [0.1, 0.15) is 5.03 Å². The number of hydrogen-bond acceptors (Lipinski definition) is 4. The molecule has 1 fully saturated rings. The van der Waals surface area contributed by atoms with Crippen LogP contribution in [0.3, 0.4) is 0 Å². The number of nitrogens with zero attached hydrogens (tertiary/aromatic N) is 2. The van der Waals surface area contributed by atoms with Gasteiger partial charge in [-0.25, -0.2) is 4.98 Å². The van der Waals surface area contributed by atoms with Crippen LogP contribution in [-0.4, -0.2) is 42.1 Å². The number of rotatable bonds is 3. The summed E-state index contributed by atoms with van der Waals surface area (Å²) in [5.41, 5.74) is 3.10. The molecule has 1 aromatic heterocycles. The third-order valence-electron chi connectivity index (χ3n) is 3.84.